The molecule has 4 aliphatic carbocycles. The fourth-order valence-corrected chi connectivity index (χ4v) is 8.19. The topological polar surface area (TPSA) is 95.9 Å². The number of imide groups is 2. The van der Waals surface area contributed by atoms with Crippen LogP contribution in [0.25, 0.3) is 6.08 Å². The number of phenolic OH excluding ortho intramolecular Hbond substituents is 1. The molecule has 2 aromatic rings. The minimum Gasteiger partial charge on any atom is -0.503 e. The van der Waals surface area contributed by atoms with Gasteiger partial charge in [-0.15, -0.1) is 0 Å². The Hall–Kier alpha value is -2.65. The van der Waals surface area contributed by atoms with Crippen molar-refractivity contribution in [1.29, 1.82) is 0 Å². The molecule has 5 aliphatic rings. The Morgan fingerprint density at radius 3 is 2.16 bits per heavy atom. The third-order valence-corrected chi connectivity index (χ3v) is 10.7. The number of methoxy groups -OCH3 is 1. The first-order valence-corrected chi connectivity index (χ1v) is 14.0. The Labute approximate surface area is 231 Å². The number of anilines is 1. The molecule has 1 aliphatic heterocycles. The molecule has 0 unspecified atom stereocenters. The number of ether oxygens (including phenoxy) is 1. The fourth-order valence-electron chi connectivity index (χ4n) is 7.35. The van der Waals surface area contributed by atoms with E-state index in [1.807, 2.05) is 12.1 Å². The van der Waals surface area contributed by atoms with E-state index >= 15 is 0 Å². The van der Waals surface area contributed by atoms with Crippen LogP contribution in [0.3, 0.4) is 0 Å². The number of urea groups is 1. The first kappa shape index (κ1) is 24.7. The summed E-state index contributed by atoms with van der Waals surface area (Å²) in [6.45, 7) is 0. The van der Waals surface area contributed by atoms with Crippen LogP contribution in [0, 0.1) is 17.8 Å². The first-order chi connectivity index (χ1) is 17.7. The maximum Gasteiger partial charge on any atom is 0.335 e. The predicted octanol–water partition coefficient (Wildman–Crippen LogP) is 6.06. The van der Waals surface area contributed by atoms with Crippen LogP contribution in [0.2, 0.25) is 0 Å². The molecule has 1 heterocycles. The van der Waals surface area contributed by atoms with E-state index in [1.54, 1.807) is 0 Å². The van der Waals surface area contributed by atoms with E-state index in [1.165, 1.54) is 63.3 Å². The average Bonchev–Trinajstić information content (AvgIpc) is 2.86. The van der Waals surface area contributed by atoms with E-state index in [-0.39, 0.29) is 22.5 Å². The number of hydrogen-bond donors (Lipinski definition) is 2. The van der Waals surface area contributed by atoms with E-state index in [4.69, 9.17) is 4.74 Å². The van der Waals surface area contributed by atoms with Crippen LogP contribution in [0.1, 0.15) is 49.7 Å². The molecule has 37 heavy (non-hydrogen) atoms. The van der Waals surface area contributed by atoms with E-state index < -0.39 is 17.8 Å². The van der Waals surface area contributed by atoms with E-state index in [0.717, 1.165) is 22.7 Å². The number of nitrogens with one attached hydrogen (secondary N) is 1. The van der Waals surface area contributed by atoms with Crippen molar-refractivity contribution in [3.05, 3.63) is 56.0 Å². The molecule has 4 amide bonds. The van der Waals surface area contributed by atoms with Gasteiger partial charge in [-0.05, 0) is 129 Å². The lowest BCUT2D eigenvalue weighted by Crippen LogP contribution is -2.54. The normalized spacial score (nSPS) is 29.7. The summed E-state index contributed by atoms with van der Waals surface area (Å²) >= 11 is 6.66. The molecule has 4 saturated carbocycles. The highest BCUT2D eigenvalue weighted by molar-refractivity contribution is 9.13. The maximum atomic E-state index is 13.4. The Bertz CT molecular complexity index is 1330. The van der Waals surface area contributed by atoms with Gasteiger partial charge in [-0.1, -0.05) is 12.1 Å². The number of barbiturate groups is 1. The smallest absolute Gasteiger partial charge is 0.335 e. The zero-order valence-corrected chi connectivity index (χ0v) is 23.4. The molecule has 192 valence electrons. The summed E-state index contributed by atoms with van der Waals surface area (Å²) in [5, 5.41) is 12.5. The summed E-state index contributed by atoms with van der Waals surface area (Å²) in [6.07, 6.45) is 9.14. The number of carbonyl (C=O) groups excluding carboxylic acids is 3. The number of hydrogen-bond acceptors (Lipinski definition) is 5. The molecular formula is C28H26Br2N2O5. The number of carbonyl (C=O) groups is 3. The summed E-state index contributed by atoms with van der Waals surface area (Å²) in [7, 11) is 1.40. The highest BCUT2D eigenvalue weighted by atomic mass is 79.9. The highest BCUT2D eigenvalue weighted by Gasteiger charge is 2.51. The van der Waals surface area contributed by atoms with Gasteiger partial charge >= 0.3 is 6.03 Å². The lowest BCUT2D eigenvalue weighted by Gasteiger charge is -2.57. The second kappa shape index (κ2) is 8.98. The quantitative estimate of drug-likeness (QED) is 0.317. The van der Waals surface area contributed by atoms with Crippen molar-refractivity contribution < 1.29 is 24.2 Å². The second-order valence-electron chi connectivity index (χ2n) is 10.8. The second-order valence-corrected chi connectivity index (χ2v) is 12.4. The van der Waals surface area contributed by atoms with Gasteiger partial charge in [0.05, 0.1) is 17.3 Å². The first-order valence-electron chi connectivity index (χ1n) is 12.5. The number of nitrogens with zero attached hydrogens (tertiary/aromatic N) is 1. The molecule has 2 aromatic carbocycles. The van der Waals surface area contributed by atoms with Crippen LogP contribution in [0.4, 0.5) is 10.5 Å². The third-order valence-electron chi connectivity index (χ3n) is 8.57. The van der Waals surface area contributed by atoms with Crippen molar-refractivity contribution in [2.45, 2.75) is 43.9 Å². The SMILES string of the molecule is COc1cc(/C=C2\C(=O)NC(=O)N(c3ccc(C45CC6CC(CC(C6)C4)C5)cc3)C2=O)c(Br)c(Br)c1O. The van der Waals surface area contributed by atoms with Crippen LogP contribution >= 0.6 is 31.9 Å². The summed E-state index contributed by atoms with van der Waals surface area (Å²) in [4.78, 5) is 39.9. The van der Waals surface area contributed by atoms with Gasteiger partial charge < -0.3 is 9.84 Å². The van der Waals surface area contributed by atoms with Crippen LogP contribution in [-0.4, -0.2) is 30.1 Å². The Balaban J connectivity index is 1.32. The Morgan fingerprint density at radius 2 is 1.59 bits per heavy atom. The van der Waals surface area contributed by atoms with Crippen LogP contribution in [0.15, 0.2) is 44.9 Å². The number of benzene rings is 2. The molecule has 7 rings (SSSR count). The van der Waals surface area contributed by atoms with Crippen LogP contribution in [-0.2, 0) is 15.0 Å². The molecule has 1 saturated heterocycles. The number of halogens is 2. The zero-order valence-electron chi connectivity index (χ0n) is 20.2. The fraction of sp³-hybridized carbons (Fsp3) is 0.393. The molecule has 0 spiro atoms. The molecular weight excluding hydrogens is 604 g/mol. The van der Waals surface area contributed by atoms with Gasteiger partial charge in [0, 0.05) is 4.47 Å². The molecule has 0 aromatic heterocycles. The lowest BCUT2D eigenvalue weighted by atomic mass is 9.48. The molecule has 0 atom stereocenters. The minimum atomic E-state index is -0.786. The molecule has 5 fully saturated rings. The Morgan fingerprint density at radius 1 is 1.00 bits per heavy atom. The van der Waals surface area contributed by atoms with E-state index in [0.29, 0.717) is 20.2 Å². The molecule has 0 radical (unpaired) electrons. The summed E-state index contributed by atoms with van der Waals surface area (Å²) < 4.78 is 5.94. The van der Waals surface area contributed by atoms with Crippen molar-refractivity contribution in [2.75, 3.05) is 12.0 Å². The zero-order chi connectivity index (χ0) is 26.1. The van der Waals surface area contributed by atoms with Crippen LogP contribution in [0.5, 0.6) is 11.5 Å². The van der Waals surface area contributed by atoms with Gasteiger partial charge in [-0.2, -0.15) is 0 Å². The van der Waals surface area contributed by atoms with E-state index in [2.05, 4.69) is 49.3 Å². The van der Waals surface area contributed by atoms with E-state index in [9.17, 15) is 19.5 Å². The minimum absolute atomic E-state index is 0.119. The molecule has 4 bridgehead atoms. The average molecular weight is 630 g/mol. The standard InChI is InChI=1S/C28H26Br2N2O5/c1-37-21-10-17(22(29)23(30)24(21)33)9-20-25(34)31-27(36)32(26(20)35)19-4-2-18(3-5-19)28-11-14-6-15(12-28)8-16(7-14)13-28/h2-5,9-10,14-16,33H,6-8,11-13H2,1H3,(H,31,34,36)/b20-9+. The predicted molar refractivity (Wildman–Crippen MR) is 145 cm³/mol. The van der Waals surface area contributed by atoms with Crippen molar-refractivity contribution in [2.24, 2.45) is 17.8 Å². The van der Waals surface area contributed by atoms with Crippen LogP contribution < -0.4 is 15.0 Å². The van der Waals surface area contributed by atoms with Crippen molar-refractivity contribution in [3.63, 3.8) is 0 Å². The third kappa shape index (κ3) is 4.02. The number of amides is 4. The van der Waals surface area contributed by atoms with Gasteiger partial charge in [0.25, 0.3) is 11.8 Å². The highest BCUT2D eigenvalue weighted by Crippen LogP contribution is 2.60. The van der Waals surface area contributed by atoms with Gasteiger partial charge in [0.1, 0.15) is 5.57 Å². The van der Waals surface area contributed by atoms with Gasteiger partial charge in [-0.3, -0.25) is 14.9 Å². The van der Waals surface area contributed by atoms with Gasteiger partial charge in [-0.25, -0.2) is 9.69 Å². The largest absolute Gasteiger partial charge is 0.503 e. The number of rotatable bonds is 4. The van der Waals surface area contributed by atoms with Crippen molar-refractivity contribution >= 4 is 61.5 Å². The summed E-state index contributed by atoms with van der Waals surface area (Å²) in [5.41, 5.74) is 2.13. The van der Waals surface area contributed by atoms with Gasteiger partial charge in [0.15, 0.2) is 11.5 Å². The maximum absolute atomic E-state index is 13.4. The summed E-state index contributed by atoms with van der Waals surface area (Å²) in [6, 6.07) is 8.46. The number of phenols is 1. The Kier molecular flexibility index (Phi) is 5.99. The summed E-state index contributed by atoms with van der Waals surface area (Å²) in [5.74, 6) is 0.995. The molecule has 2 N–H and O–H groups in total. The molecule has 9 heteroatoms. The molecule has 7 nitrogen and oxygen atoms in total. The van der Waals surface area contributed by atoms with Crippen molar-refractivity contribution in [3.8, 4) is 11.5 Å². The van der Waals surface area contributed by atoms with Crippen molar-refractivity contribution in [1.82, 2.24) is 5.32 Å². The monoisotopic (exact) mass is 628 g/mol. The lowest BCUT2D eigenvalue weighted by molar-refractivity contribution is -0.122. The van der Waals surface area contributed by atoms with Gasteiger partial charge in [0.2, 0.25) is 0 Å². The number of aromatic hydroxyl groups is 1.